The highest BCUT2D eigenvalue weighted by atomic mass is 16.6. The van der Waals surface area contributed by atoms with E-state index in [4.69, 9.17) is 4.74 Å². The van der Waals surface area contributed by atoms with E-state index in [2.05, 4.69) is 34.9 Å². The van der Waals surface area contributed by atoms with Gasteiger partial charge in [0.2, 0.25) is 0 Å². The minimum atomic E-state index is -0.436. The molecule has 0 radical (unpaired) electrons. The molecule has 3 rings (SSSR count). The molecule has 0 spiro atoms. The quantitative estimate of drug-likeness (QED) is 0.898. The number of benzene rings is 1. The smallest absolute Gasteiger partial charge is 0.407 e. The maximum atomic E-state index is 11.7. The summed E-state index contributed by atoms with van der Waals surface area (Å²) in [5.74, 6) is 0. The Balaban J connectivity index is 1.43. The van der Waals surface area contributed by atoms with Crippen molar-refractivity contribution in [1.82, 2.24) is 10.6 Å². The molecule has 1 aromatic rings. The van der Waals surface area contributed by atoms with E-state index >= 15 is 0 Å². The van der Waals surface area contributed by atoms with E-state index in [1.165, 1.54) is 11.1 Å². The van der Waals surface area contributed by atoms with E-state index in [0.29, 0.717) is 12.1 Å². The first kappa shape index (κ1) is 14.4. The molecule has 0 bridgehead atoms. The molecule has 1 amide bonds. The molecule has 2 unspecified atom stereocenters. The van der Waals surface area contributed by atoms with Gasteiger partial charge in [0.25, 0.3) is 0 Å². The first-order valence-electron chi connectivity index (χ1n) is 7.73. The lowest BCUT2D eigenvalue weighted by molar-refractivity contribution is 0.0522. The zero-order chi connectivity index (χ0) is 15.0. The van der Waals surface area contributed by atoms with Gasteiger partial charge in [0.05, 0.1) is 0 Å². The number of carbonyl (C=O) groups excluding carboxylic acids is 1. The third kappa shape index (κ3) is 3.76. The lowest BCUT2D eigenvalue weighted by Gasteiger charge is -2.20. The number of rotatable bonds is 3. The van der Waals surface area contributed by atoms with Crippen molar-refractivity contribution in [3.8, 4) is 0 Å². The Morgan fingerprint density at radius 3 is 2.33 bits per heavy atom. The number of hydrogen-bond acceptors (Lipinski definition) is 3. The van der Waals surface area contributed by atoms with Crippen LogP contribution in [0.3, 0.4) is 0 Å². The maximum absolute atomic E-state index is 11.7. The molecule has 114 valence electrons. The van der Waals surface area contributed by atoms with Gasteiger partial charge < -0.3 is 15.4 Å². The fraction of sp³-hybridized carbons (Fsp3) is 0.588. The Morgan fingerprint density at radius 1 is 1.14 bits per heavy atom. The molecule has 0 aliphatic heterocycles. The zero-order valence-electron chi connectivity index (χ0n) is 13.0. The van der Waals surface area contributed by atoms with E-state index in [9.17, 15) is 4.79 Å². The van der Waals surface area contributed by atoms with Crippen molar-refractivity contribution in [2.24, 2.45) is 0 Å². The largest absolute Gasteiger partial charge is 0.444 e. The Bertz CT molecular complexity index is 511. The third-order valence-electron chi connectivity index (χ3n) is 3.99. The predicted octanol–water partition coefficient (Wildman–Crippen LogP) is 2.41. The highest BCUT2D eigenvalue weighted by Gasteiger charge is 2.41. The number of carbonyl (C=O) groups is 1. The van der Waals surface area contributed by atoms with Gasteiger partial charge in [-0.05, 0) is 51.2 Å². The SMILES string of the molecule is CC(C)(C)OC(=O)NC1CC1NC1Cc2ccccc2C1. The van der Waals surface area contributed by atoms with Crippen molar-refractivity contribution in [3.63, 3.8) is 0 Å². The van der Waals surface area contributed by atoms with Gasteiger partial charge in [-0.2, -0.15) is 0 Å². The molecule has 2 atom stereocenters. The fourth-order valence-electron chi connectivity index (χ4n) is 2.98. The van der Waals surface area contributed by atoms with Crippen molar-refractivity contribution < 1.29 is 9.53 Å². The molecule has 4 nitrogen and oxygen atoms in total. The summed E-state index contributed by atoms with van der Waals surface area (Å²) in [5, 5.41) is 6.58. The van der Waals surface area contributed by atoms with Gasteiger partial charge in [-0.1, -0.05) is 24.3 Å². The number of nitrogens with one attached hydrogen (secondary N) is 2. The van der Waals surface area contributed by atoms with Crippen LogP contribution in [0.4, 0.5) is 4.79 Å². The molecule has 2 N–H and O–H groups in total. The van der Waals surface area contributed by atoms with Crippen molar-refractivity contribution in [3.05, 3.63) is 35.4 Å². The van der Waals surface area contributed by atoms with Gasteiger partial charge in [-0.25, -0.2) is 4.79 Å². The summed E-state index contributed by atoms with van der Waals surface area (Å²) in [7, 11) is 0. The summed E-state index contributed by atoms with van der Waals surface area (Å²) in [6, 6.07) is 9.72. The van der Waals surface area contributed by atoms with E-state index in [1.54, 1.807) is 0 Å². The van der Waals surface area contributed by atoms with Crippen LogP contribution in [0.15, 0.2) is 24.3 Å². The van der Waals surface area contributed by atoms with Crippen LogP contribution in [-0.2, 0) is 17.6 Å². The Morgan fingerprint density at radius 2 is 1.76 bits per heavy atom. The zero-order valence-corrected chi connectivity index (χ0v) is 13.0. The molecule has 2 aliphatic carbocycles. The van der Waals surface area contributed by atoms with Crippen LogP contribution >= 0.6 is 0 Å². The molecular weight excluding hydrogens is 264 g/mol. The van der Waals surface area contributed by atoms with E-state index in [0.717, 1.165) is 19.3 Å². The number of fused-ring (bicyclic) bond motifs is 1. The van der Waals surface area contributed by atoms with Crippen LogP contribution in [0.2, 0.25) is 0 Å². The van der Waals surface area contributed by atoms with Crippen LogP contribution in [0, 0.1) is 0 Å². The van der Waals surface area contributed by atoms with E-state index < -0.39 is 5.60 Å². The Kier molecular flexibility index (Phi) is 3.66. The number of alkyl carbamates (subject to hydrolysis) is 1. The molecule has 1 saturated carbocycles. The average molecular weight is 288 g/mol. The van der Waals surface area contributed by atoms with Crippen molar-refractivity contribution in [2.75, 3.05) is 0 Å². The minimum Gasteiger partial charge on any atom is -0.444 e. The van der Waals surface area contributed by atoms with Crippen LogP contribution in [0.25, 0.3) is 0 Å². The second-order valence-corrected chi connectivity index (χ2v) is 7.14. The van der Waals surface area contributed by atoms with Crippen LogP contribution in [0.1, 0.15) is 38.3 Å². The number of hydrogen-bond donors (Lipinski definition) is 2. The first-order valence-corrected chi connectivity index (χ1v) is 7.73. The van der Waals surface area contributed by atoms with Gasteiger partial charge in [0.15, 0.2) is 0 Å². The number of ether oxygens (including phenoxy) is 1. The fourth-order valence-corrected chi connectivity index (χ4v) is 2.98. The van der Waals surface area contributed by atoms with Crippen LogP contribution in [0.5, 0.6) is 0 Å². The summed E-state index contributed by atoms with van der Waals surface area (Å²) in [6.07, 6.45) is 2.86. The van der Waals surface area contributed by atoms with Gasteiger partial charge in [-0.15, -0.1) is 0 Å². The van der Waals surface area contributed by atoms with E-state index in [-0.39, 0.29) is 12.1 Å². The molecule has 1 fully saturated rings. The highest BCUT2D eigenvalue weighted by Crippen LogP contribution is 2.27. The normalized spacial score (nSPS) is 24.5. The Labute approximate surface area is 126 Å². The minimum absolute atomic E-state index is 0.212. The molecule has 2 aliphatic rings. The Hall–Kier alpha value is -1.55. The topological polar surface area (TPSA) is 50.4 Å². The summed E-state index contributed by atoms with van der Waals surface area (Å²) >= 11 is 0. The third-order valence-corrected chi connectivity index (χ3v) is 3.99. The molecule has 4 heteroatoms. The van der Waals surface area contributed by atoms with Crippen molar-refractivity contribution in [2.45, 2.75) is 63.8 Å². The van der Waals surface area contributed by atoms with Crippen LogP contribution < -0.4 is 10.6 Å². The predicted molar refractivity (Wildman–Crippen MR) is 82.3 cm³/mol. The average Bonchev–Trinajstić information content (AvgIpc) is 2.94. The van der Waals surface area contributed by atoms with Gasteiger partial charge in [0.1, 0.15) is 5.60 Å². The van der Waals surface area contributed by atoms with Crippen molar-refractivity contribution in [1.29, 1.82) is 0 Å². The second kappa shape index (κ2) is 5.34. The summed E-state index contributed by atoms with van der Waals surface area (Å²) in [6.45, 7) is 5.64. The molecule has 21 heavy (non-hydrogen) atoms. The standard InChI is InChI=1S/C17H24N2O2/c1-17(2,3)21-16(20)19-15-10-14(15)18-13-8-11-6-4-5-7-12(11)9-13/h4-7,13-15,18H,8-10H2,1-3H3,(H,19,20). The molecule has 0 heterocycles. The molecular formula is C17H24N2O2. The van der Waals surface area contributed by atoms with Crippen molar-refractivity contribution >= 4 is 6.09 Å². The lowest BCUT2D eigenvalue weighted by Crippen LogP contribution is -2.39. The number of amides is 1. The monoisotopic (exact) mass is 288 g/mol. The second-order valence-electron chi connectivity index (χ2n) is 7.14. The molecule has 0 saturated heterocycles. The maximum Gasteiger partial charge on any atom is 0.407 e. The van der Waals surface area contributed by atoms with E-state index in [1.807, 2.05) is 20.8 Å². The summed E-state index contributed by atoms with van der Waals surface area (Å²) < 4.78 is 5.28. The van der Waals surface area contributed by atoms with Crippen LogP contribution in [-0.4, -0.2) is 29.8 Å². The molecule has 0 aromatic heterocycles. The highest BCUT2D eigenvalue weighted by molar-refractivity contribution is 5.68. The van der Waals surface area contributed by atoms with Gasteiger partial charge >= 0.3 is 6.09 Å². The summed E-state index contributed by atoms with van der Waals surface area (Å²) in [5.41, 5.74) is 2.47. The summed E-state index contributed by atoms with van der Waals surface area (Å²) in [4.78, 5) is 11.7. The van der Waals surface area contributed by atoms with Gasteiger partial charge in [-0.3, -0.25) is 0 Å². The molecule has 1 aromatic carbocycles. The lowest BCUT2D eigenvalue weighted by atomic mass is 10.1. The van der Waals surface area contributed by atoms with Gasteiger partial charge in [0, 0.05) is 18.1 Å². The first-order chi connectivity index (χ1) is 9.90.